The van der Waals surface area contributed by atoms with Gasteiger partial charge in [-0.1, -0.05) is 46.5 Å². The molecule has 0 aliphatic rings. The fourth-order valence-corrected chi connectivity index (χ4v) is 3.78. The first kappa shape index (κ1) is 23.8. The van der Waals surface area contributed by atoms with Crippen molar-refractivity contribution in [2.75, 3.05) is 6.26 Å². The van der Waals surface area contributed by atoms with Gasteiger partial charge in [0.05, 0.1) is 6.10 Å². The average molecular weight is 361 g/mol. The summed E-state index contributed by atoms with van der Waals surface area (Å²) in [5.74, 6) is -0.682. The molecule has 0 aliphatic heterocycles. The standard InChI is InChI=1S/C20H40O3S/c1-20(2,3)16-10-12-17(21)11-9-14-18(24-4)13-7-5-6-8-15-19(22)23/h17-18,21H,5-16H2,1-4H3,(H,22,23). The molecule has 3 nitrogen and oxygen atoms in total. The molecule has 0 heterocycles. The second kappa shape index (κ2) is 14.0. The van der Waals surface area contributed by atoms with Crippen LogP contribution in [0, 0.1) is 5.41 Å². The Bertz CT molecular complexity index is 312. The van der Waals surface area contributed by atoms with Gasteiger partial charge in [0.25, 0.3) is 0 Å². The first-order chi connectivity index (χ1) is 11.2. The second-order valence-electron chi connectivity index (χ2n) is 8.24. The van der Waals surface area contributed by atoms with E-state index < -0.39 is 5.97 Å². The van der Waals surface area contributed by atoms with Crippen LogP contribution in [0.25, 0.3) is 0 Å². The number of carboxylic acid groups (broad SMARTS) is 1. The number of carboxylic acids is 1. The van der Waals surface area contributed by atoms with Gasteiger partial charge in [0, 0.05) is 11.7 Å². The highest BCUT2D eigenvalue weighted by Crippen LogP contribution is 2.24. The minimum atomic E-state index is -0.682. The summed E-state index contributed by atoms with van der Waals surface area (Å²) in [6, 6.07) is 0. The lowest BCUT2D eigenvalue weighted by Gasteiger charge is -2.19. The first-order valence-electron chi connectivity index (χ1n) is 9.67. The van der Waals surface area contributed by atoms with E-state index in [1.165, 1.54) is 25.7 Å². The van der Waals surface area contributed by atoms with Gasteiger partial charge in [0.1, 0.15) is 0 Å². The van der Waals surface area contributed by atoms with Crippen LogP contribution in [0.1, 0.15) is 97.8 Å². The summed E-state index contributed by atoms with van der Waals surface area (Å²) in [5.41, 5.74) is 0.369. The molecule has 4 heteroatoms. The molecule has 2 N–H and O–H groups in total. The van der Waals surface area contributed by atoms with Crippen molar-refractivity contribution >= 4 is 17.7 Å². The predicted molar refractivity (Wildman–Crippen MR) is 106 cm³/mol. The van der Waals surface area contributed by atoms with Gasteiger partial charge in [0.2, 0.25) is 0 Å². The van der Waals surface area contributed by atoms with Crippen LogP contribution < -0.4 is 0 Å². The molecule has 0 aliphatic carbocycles. The van der Waals surface area contributed by atoms with Gasteiger partial charge in [-0.2, -0.15) is 11.8 Å². The average Bonchev–Trinajstić information content (AvgIpc) is 2.47. The van der Waals surface area contributed by atoms with E-state index in [4.69, 9.17) is 5.11 Å². The van der Waals surface area contributed by atoms with E-state index in [1.54, 1.807) is 0 Å². The molecule has 0 aromatic heterocycles. The maximum Gasteiger partial charge on any atom is 0.303 e. The lowest BCUT2D eigenvalue weighted by atomic mass is 9.89. The van der Waals surface area contributed by atoms with Crippen LogP contribution in [0.5, 0.6) is 0 Å². The van der Waals surface area contributed by atoms with E-state index in [9.17, 15) is 9.90 Å². The number of hydrogen-bond donors (Lipinski definition) is 2. The van der Waals surface area contributed by atoms with E-state index in [-0.39, 0.29) is 6.10 Å². The molecule has 0 aromatic carbocycles. The summed E-state index contributed by atoms with van der Waals surface area (Å²) >= 11 is 1.94. The van der Waals surface area contributed by atoms with Gasteiger partial charge in [-0.15, -0.1) is 0 Å². The highest BCUT2D eigenvalue weighted by molar-refractivity contribution is 7.99. The van der Waals surface area contributed by atoms with E-state index in [0.29, 0.717) is 17.1 Å². The molecule has 2 atom stereocenters. The van der Waals surface area contributed by atoms with Gasteiger partial charge in [-0.3, -0.25) is 4.79 Å². The van der Waals surface area contributed by atoms with Crippen LogP contribution in [0.3, 0.4) is 0 Å². The van der Waals surface area contributed by atoms with Crippen molar-refractivity contribution in [3.63, 3.8) is 0 Å². The maximum atomic E-state index is 10.5. The molecule has 0 spiro atoms. The number of unbranched alkanes of at least 4 members (excludes halogenated alkanes) is 3. The van der Waals surface area contributed by atoms with Gasteiger partial charge in [0.15, 0.2) is 0 Å². The van der Waals surface area contributed by atoms with Crippen molar-refractivity contribution in [1.29, 1.82) is 0 Å². The lowest BCUT2D eigenvalue weighted by Crippen LogP contribution is -2.11. The molecule has 2 unspecified atom stereocenters. The fourth-order valence-electron chi connectivity index (χ4n) is 2.98. The summed E-state index contributed by atoms with van der Waals surface area (Å²) in [5, 5.41) is 19.4. The van der Waals surface area contributed by atoms with Gasteiger partial charge in [-0.05, 0) is 56.6 Å². The van der Waals surface area contributed by atoms with E-state index >= 15 is 0 Å². The Morgan fingerprint density at radius 3 is 2.08 bits per heavy atom. The van der Waals surface area contributed by atoms with E-state index in [0.717, 1.165) is 44.9 Å². The smallest absolute Gasteiger partial charge is 0.303 e. The van der Waals surface area contributed by atoms with Gasteiger partial charge in [-0.25, -0.2) is 0 Å². The number of carbonyl (C=O) groups is 1. The van der Waals surface area contributed by atoms with Crippen molar-refractivity contribution in [1.82, 2.24) is 0 Å². The minimum absolute atomic E-state index is 0.133. The summed E-state index contributed by atoms with van der Waals surface area (Å²) in [6.07, 6.45) is 14.2. The van der Waals surface area contributed by atoms with Crippen LogP contribution in [-0.2, 0) is 4.79 Å². The van der Waals surface area contributed by atoms with E-state index in [1.807, 2.05) is 11.8 Å². The summed E-state index contributed by atoms with van der Waals surface area (Å²) in [4.78, 5) is 10.5. The third kappa shape index (κ3) is 16.6. The molecule has 0 saturated carbocycles. The van der Waals surface area contributed by atoms with Crippen LogP contribution >= 0.6 is 11.8 Å². The molecule has 0 fully saturated rings. The Kier molecular flexibility index (Phi) is 13.9. The van der Waals surface area contributed by atoms with E-state index in [2.05, 4.69) is 27.0 Å². The molecule has 0 aromatic rings. The maximum absolute atomic E-state index is 10.5. The third-order valence-corrected chi connectivity index (χ3v) is 5.67. The summed E-state index contributed by atoms with van der Waals surface area (Å²) in [7, 11) is 0. The van der Waals surface area contributed by atoms with Crippen LogP contribution in [0.4, 0.5) is 0 Å². The quantitative estimate of drug-likeness (QED) is 0.357. The Hall–Kier alpha value is -0.220. The molecule has 144 valence electrons. The largest absolute Gasteiger partial charge is 0.481 e. The SMILES string of the molecule is CSC(CCCCCCC(=O)O)CCCC(O)CCCC(C)(C)C. The van der Waals surface area contributed by atoms with Crippen LogP contribution in [0.15, 0.2) is 0 Å². The Morgan fingerprint density at radius 1 is 0.917 bits per heavy atom. The number of aliphatic hydroxyl groups is 1. The Labute approximate surface area is 154 Å². The highest BCUT2D eigenvalue weighted by atomic mass is 32.2. The Balaban J connectivity index is 3.61. The topological polar surface area (TPSA) is 57.5 Å². The molecular weight excluding hydrogens is 320 g/mol. The molecule has 0 bridgehead atoms. The number of aliphatic carboxylic acids is 1. The van der Waals surface area contributed by atoms with Crippen LogP contribution in [0.2, 0.25) is 0 Å². The molecule has 0 rings (SSSR count). The molecular formula is C20H40O3S. The number of aliphatic hydroxyl groups excluding tert-OH is 1. The minimum Gasteiger partial charge on any atom is -0.481 e. The third-order valence-electron chi connectivity index (χ3n) is 4.53. The molecule has 0 radical (unpaired) electrons. The van der Waals surface area contributed by atoms with Crippen molar-refractivity contribution < 1.29 is 15.0 Å². The second-order valence-corrected chi connectivity index (χ2v) is 9.38. The van der Waals surface area contributed by atoms with Gasteiger partial charge >= 0.3 is 5.97 Å². The molecule has 24 heavy (non-hydrogen) atoms. The van der Waals surface area contributed by atoms with Crippen molar-refractivity contribution in [2.24, 2.45) is 5.41 Å². The fraction of sp³-hybridized carbons (Fsp3) is 0.950. The molecule has 0 saturated heterocycles. The zero-order chi connectivity index (χ0) is 18.4. The number of rotatable bonds is 15. The van der Waals surface area contributed by atoms with Gasteiger partial charge < -0.3 is 10.2 Å². The Morgan fingerprint density at radius 2 is 1.50 bits per heavy atom. The van der Waals surface area contributed by atoms with Crippen molar-refractivity contribution in [3.05, 3.63) is 0 Å². The lowest BCUT2D eigenvalue weighted by molar-refractivity contribution is -0.137. The zero-order valence-corrected chi connectivity index (χ0v) is 17.2. The zero-order valence-electron chi connectivity index (χ0n) is 16.4. The van der Waals surface area contributed by atoms with Crippen molar-refractivity contribution in [2.45, 2.75) is 109 Å². The first-order valence-corrected chi connectivity index (χ1v) is 11.0. The highest BCUT2D eigenvalue weighted by Gasteiger charge is 2.13. The van der Waals surface area contributed by atoms with Crippen LogP contribution in [-0.4, -0.2) is 33.8 Å². The predicted octanol–water partition coefficient (Wildman–Crippen LogP) is 5.89. The summed E-state index contributed by atoms with van der Waals surface area (Å²) in [6.45, 7) is 6.76. The molecule has 0 amide bonds. The summed E-state index contributed by atoms with van der Waals surface area (Å²) < 4.78 is 0. The van der Waals surface area contributed by atoms with Crippen molar-refractivity contribution in [3.8, 4) is 0 Å². The monoisotopic (exact) mass is 360 g/mol. The number of hydrogen-bond acceptors (Lipinski definition) is 3. The number of thioether (sulfide) groups is 1. The normalized spacial score (nSPS) is 14.5.